The number of nitrogens with two attached hydrogens (primary N) is 1. The fourth-order valence-electron chi connectivity index (χ4n) is 2.39. The molecule has 0 amide bonds. The Labute approximate surface area is 98.1 Å². The summed E-state index contributed by atoms with van der Waals surface area (Å²) < 4.78 is 4.93. The van der Waals surface area contributed by atoms with Crippen molar-refractivity contribution in [3.63, 3.8) is 0 Å². The van der Waals surface area contributed by atoms with Crippen molar-refractivity contribution in [2.24, 2.45) is 5.73 Å². The van der Waals surface area contributed by atoms with Crippen LogP contribution in [0.2, 0.25) is 0 Å². The van der Waals surface area contributed by atoms with Crippen LogP contribution >= 0.6 is 0 Å². The largest absolute Gasteiger partial charge is 0.465 e. The maximum Gasteiger partial charge on any atom is 0.324 e. The highest BCUT2D eigenvalue weighted by atomic mass is 16.5. The summed E-state index contributed by atoms with van der Waals surface area (Å²) in [5.74, 6) is -0.285. The number of esters is 1. The van der Waals surface area contributed by atoms with E-state index in [-0.39, 0.29) is 5.97 Å². The molecule has 94 valence electrons. The Balaban J connectivity index is 2.47. The van der Waals surface area contributed by atoms with E-state index in [1.54, 1.807) is 6.92 Å². The van der Waals surface area contributed by atoms with Crippen LogP contribution in [0.5, 0.6) is 0 Å². The molecule has 0 aromatic rings. The Hall–Kier alpha value is -0.610. The van der Waals surface area contributed by atoms with Gasteiger partial charge in [0.15, 0.2) is 0 Å². The Bertz CT molecular complexity index is 223. The number of ether oxygens (including phenoxy) is 1. The number of hydrogen-bond donors (Lipinski definition) is 1. The van der Waals surface area contributed by atoms with Crippen LogP contribution in [0.3, 0.4) is 0 Å². The van der Waals surface area contributed by atoms with Gasteiger partial charge in [0.1, 0.15) is 6.04 Å². The number of likely N-dealkylation sites (tertiary alicyclic amines) is 1. The molecule has 1 fully saturated rings. The first-order valence-electron chi connectivity index (χ1n) is 6.24. The molecule has 1 rings (SSSR count). The maximum atomic E-state index is 11.5. The molecule has 0 saturated carbocycles. The Morgan fingerprint density at radius 3 is 2.50 bits per heavy atom. The zero-order chi connectivity index (χ0) is 12.1. The van der Waals surface area contributed by atoms with Crippen LogP contribution in [0.15, 0.2) is 0 Å². The van der Waals surface area contributed by atoms with Crippen LogP contribution in [0.25, 0.3) is 0 Å². The summed E-state index contributed by atoms with van der Waals surface area (Å²) in [7, 11) is 0. The number of piperidine rings is 1. The third kappa shape index (κ3) is 3.46. The Morgan fingerprint density at radius 2 is 2.00 bits per heavy atom. The van der Waals surface area contributed by atoms with Crippen molar-refractivity contribution in [3.8, 4) is 0 Å². The summed E-state index contributed by atoms with van der Waals surface area (Å²) in [5, 5.41) is 0. The summed E-state index contributed by atoms with van der Waals surface area (Å²) in [5.41, 5.74) is 5.84. The van der Waals surface area contributed by atoms with Crippen LogP contribution < -0.4 is 5.73 Å². The molecule has 1 aliphatic rings. The summed E-state index contributed by atoms with van der Waals surface area (Å²) >= 11 is 0. The molecule has 1 aliphatic heterocycles. The maximum absolute atomic E-state index is 11.5. The average Bonchev–Trinajstić information content (AvgIpc) is 2.23. The molecule has 16 heavy (non-hydrogen) atoms. The van der Waals surface area contributed by atoms with Gasteiger partial charge >= 0.3 is 5.97 Å². The van der Waals surface area contributed by atoms with Crippen molar-refractivity contribution in [1.29, 1.82) is 0 Å². The van der Waals surface area contributed by atoms with Crippen molar-refractivity contribution < 1.29 is 9.53 Å². The fraction of sp³-hybridized carbons (Fsp3) is 0.917. The van der Waals surface area contributed by atoms with E-state index in [9.17, 15) is 4.79 Å². The molecule has 1 unspecified atom stereocenters. The van der Waals surface area contributed by atoms with E-state index in [1.807, 2.05) is 0 Å². The van der Waals surface area contributed by atoms with E-state index in [0.717, 1.165) is 0 Å². The van der Waals surface area contributed by atoms with Gasteiger partial charge in [-0.05, 0) is 33.6 Å². The quantitative estimate of drug-likeness (QED) is 0.733. The molecule has 2 N–H and O–H groups in total. The second-order valence-corrected chi connectivity index (χ2v) is 4.68. The molecule has 0 bridgehead atoms. The van der Waals surface area contributed by atoms with Crippen molar-refractivity contribution in [2.75, 3.05) is 13.2 Å². The first kappa shape index (κ1) is 13.5. The zero-order valence-electron chi connectivity index (χ0n) is 10.6. The highest BCUT2D eigenvalue weighted by Crippen LogP contribution is 2.22. The molecule has 1 saturated heterocycles. The Kier molecular flexibility index (Phi) is 5.22. The molecule has 4 heteroatoms. The molecule has 0 spiro atoms. The highest BCUT2D eigenvalue weighted by Gasteiger charge is 2.28. The van der Waals surface area contributed by atoms with Crippen LogP contribution in [0, 0.1) is 0 Å². The van der Waals surface area contributed by atoms with E-state index in [1.165, 1.54) is 19.3 Å². The van der Waals surface area contributed by atoms with Gasteiger partial charge in [0.25, 0.3) is 0 Å². The van der Waals surface area contributed by atoms with Gasteiger partial charge < -0.3 is 10.5 Å². The van der Waals surface area contributed by atoms with Gasteiger partial charge in [0.05, 0.1) is 6.61 Å². The molecule has 0 aromatic carbocycles. The van der Waals surface area contributed by atoms with Gasteiger partial charge in [-0.3, -0.25) is 9.69 Å². The van der Waals surface area contributed by atoms with Gasteiger partial charge in [0, 0.05) is 18.6 Å². The summed E-state index contributed by atoms with van der Waals surface area (Å²) in [4.78, 5) is 13.8. The standard InChI is InChI=1S/C12H24N2O2/c1-4-16-12(15)11(13)8-14-9(2)6-5-7-10(14)3/h9-11H,4-8,13H2,1-3H3/t9-,10+,11?. The monoisotopic (exact) mass is 228 g/mol. The number of carbonyl (C=O) groups is 1. The van der Waals surface area contributed by atoms with Crippen molar-refractivity contribution in [3.05, 3.63) is 0 Å². The van der Waals surface area contributed by atoms with Crippen LogP contribution in [-0.2, 0) is 9.53 Å². The van der Waals surface area contributed by atoms with Gasteiger partial charge in [-0.15, -0.1) is 0 Å². The molecule has 3 atom stereocenters. The van der Waals surface area contributed by atoms with E-state index in [4.69, 9.17) is 10.5 Å². The lowest BCUT2D eigenvalue weighted by Crippen LogP contribution is -2.51. The van der Waals surface area contributed by atoms with Crippen LogP contribution in [0.4, 0.5) is 0 Å². The second-order valence-electron chi connectivity index (χ2n) is 4.68. The molecule has 1 heterocycles. The van der Waals surface area contributed by atoms with Crippen molar-refractivity contribution in [1.82, 2.24) is 4.90 Å². The average molecular weight is 228 g/mol. The summed E-state index contributed by atoms with van der Waals surface area (Å²) in [6, 6.07) is 0.524. The van der Waals surface area contributed by atoms with Gasteiger partial charge in [-0.1, -0.05) is 6.42 Å². The molecular weight excluding hydrogens is 204 g/mol. The van der Waals surface area contributed by atoms with E-state index in [0.29, 0.717) is 25.2 Å². The van der Waals surface area contributed by atoms with Crippen LogP contribution in [0.1, 0.15) is 40.0 Å². The van der Waals surface area contributed by atoms with Crippen molar-refractivity contribution in [2.45, 2.75) is 58.2 Å². The summed E-state index contributed by atoms with van der Waals surface area (Å²) in [6.07, 6.45) is 3.66. The molecule has 0 aromatic heterocycles. The van der Waals surface area contributed by atoms with Gasteiger partial charge in [0.2, 0.25) is 0 Å². The first-order valence-corrected chi connectivity index (χ1v) is 6.24. The lowest BCUT2D eigenvalue weighted by molar-refractivity contribution is -0.145. The van der Waals surface area contributed by atoms with E-state index >= 15 is 0 Å². The third-order valence-corrected chi connectivity index (χ3v) is 3.37. The van der Waals surface area contributed by atoms with E-state index < -0.39 is 6.04 Å². The SMILES string of the molecule is CCOC(=O)C(N)CN1[C@H](C)CCC[C@@H]1C. The van der Waals surface area contributed by atoms with Crippen molar-refractivity contribution >= 4 is 5.97 Å². The second kappa shape index (κ2) is 6.21. The first-order chi connectivity index (χ1) is 7.56. The van der Waals surface area contributed by atoms with Gasteiger partial charge in [-0.25, -0.2) is 0 Å². The highest BCUT2D eigenvalue weighted by molar-refractivity contribution is 5.75. The third-order valence-electron chi connectivity index (χ3n) is 3.37. The number of rotatable bonds is 4. The topological polar surface area (TPSA) is 55.6 Å². The number of nitrogens with zero attached hydrogens (tertiary/aromatic N) is 1. The minimum absolute atomic E-state index is 0.285. The number of carbonyl (C=O) groups excluding carboxylic acids is 1. The predicted molar refractivity (Wildman–Crippen MR) is 64.1 cm³/mol. The number of hydrogen-bond acceptors (Lipinski definition) is 4. The minimum atomic E-state index is -0.511. The van der Waals surface area contributed by atoms with E-state index in [2.05, 4.69) is 18.7 Å². The lowest BCUT2D eigenvalue weighted by atomic mass is 9.97. The molecule has 0 aliphatic carbocycles. The Morgan fingerprint density at radius 1 is 1.44 bits per heavy atom. The lowest BCUT2D eigenvalue weighted by Gasteiger charge is -2.39. The zero-order valence-corrected chi connectivity index (χ0v) is 10.6. The molecule has 0 radical (unpaired) electrons. The minimum Gasteiger partial charge on any atom is -0.465 e. The normalized spacial score (nSPS) is 28.8. The smallest absolute Gasteiger partial charge is 0.324 e. The van der Waals surface area contributed by atoms with Crippen LogP contribution in [-0.4, -0.2) is 42.1 Å². The fourth-order valence-corrected chi connectivity index (χ4v) is 2.39. The molecular formula is C12H24N2O2. The summed E-state index contributed by atoms with van der Waals surface area (Å²) in [6.45, 7) is 7.22. The predicted octanol–water partition coefficient (Wildman–Crippen LogP) is 1.14. The molecule has 4 nitrogen and oxygen atoms in total. The van der Waals surface area contributed by atoms with Gasteiger partial charge in [-0.2, -0.15) is 0 Å².